The molecule has 0 aliphatic heterocycles. The summed E-state index contributed by atoms with van der Waals surface area (Å²) in [5.74, 6) is -1.56. The van der Waals surface area contributed by atoms with Gasteiger partial charge in [-0.3, -0.25) is 0 Å². The van der Waals surface area contributed by atoms with Crippen molar-refractivity contribution in [3.05, 3.63) is 17.7 Å². The normalized spacial score (nSPS) is 11.2. The van der Waals surface area contributed by atoms with Crippen LogP contribution in [-0.2, 0) is 4.79 Å². The van der Waals surface area contributed by atoms with Gasteiger partial charge in [-0.05, 0) is 17.7 Å². The predicted octanol–water partition coefficient (Wildman–Crippen LogP) is -0.297. The van der Waals surface area contributed by atoms with Crippen molar-refractivity contribution in [2.75, 3.05) is 14.2 Å². The summed E-state index contributed by atoms with van der Waals surface area (Å²) in [6.45, 7) is 0. The number of ether oxygens (including phenoxy) is 2. The minimum atomic E-state index is -1.69. The molecule has 0 saturated carbocycles. The molecule has 17 heavy (non-hydrogen) atoms. The fraction of sp³-hybridized carbons (Fsp3) is 0.300. The Labute approximate surface area is 97.1 Å². The van der Waals surface area contributed by atoms with Gasteiger partial charge in [0.2, 0.25) is 5.75 Å². The van der Waals surface area contributed by atoms with E-state index in [0.717, 1.165) is 0 Å². The number of aliphatic carboxylic acids is 1. The third kappa shape index (κ3) is 2.99. The van der Waals surface area contributed by atoms with Crippen molar-refractivity contribution in [1.82, 2.24) is 0 Å². The molecule has 0 aliphatic carbocycles. The number of benzene rings is 1. The van der Waals surface area contributed by atoms with Crippen LogP contribution in [0.25, 0.3) is 0 Å². The van der Waals surface area contributed by atoms with Crippen LogP contribution in [0.1, 0.15) is 11.7 Å². The van der Waals surface area contributed by atoms with E-state index in [0.29, 0.717) is 0 Å². The quantitative estimate of drug-likeness (QED) is 0.669. The van der Waals surface area contributed by atoms with Crippen molar-refractivity contribution >= 4 is 5.97 Å². The standard InChI is InChI=1S/C10H12O6.H2O/c1-15-6-3-5(8(11)10(13)14)4-7(16-2)9(6)12;/h3-4,8,11-12H,1-2H3,(H,13,14);1H2. The van der Waals surface area contributed by atoms with Crippen molar-refractivity contribution in [3.8, 4) is 17.2 Å². The van der Waals surface area contributed by atoms with Gasteiger partial charge in [-0.2, -0.15) is 0 Å². The third-order valence-electron chi connectivity index (χ3n) is 2.05. The highest BCUT2D eigenvalue weighted by atomic mass is 16.5. The summed E-state index contributed by atoms with van der Waals surface area (Å²) in [5.41, 5.74) is 0.0685. The zero-order valence-electron chi connectivity index (χ0n) is 9.30. The number of methoxy groups -OCH3 is 2. The second-order valence-electron chi connectivity index (χ2n) is 3.01. The first kappa shape index (κ1) is 15.0. The summed E-state index contributed by atoms with van der Waals surface area (Å²) in [5, 5.41) is 27.5. The molecule has 1 rings (SSSR count). The van der Waals surface area contributed by atoms with Gasteiger partial charge < -0.3 is 30.3 Å². The maximum atomic E-state index is 10.6. The molecule has 0 fully saturated rings. The summed E-state index contributed by atoms with van der Waals surface area (Å²) in [6, 6.07) is 2.47. The number of aromatic hydroxyl groups is 1. The Morgan fingerprint density at radius 1 is 1.24 bits per heavy atom. The molecule has 0 radical (unpaired) electrons. The Balaban J connectivity index is 0.00000256. The van der Waals surface area contributed by atoms with Crippen LogP contribution < -0.4 is 9.47 Å². The monoisotopic (exact) mass is 246 g/mol. The fourth-order valence-electron chi connectivity index (χ4n) is 1.21. The summed E-state index contributed by atoms with van der Waals surface area (Å²) < 4.78 is 9.65. The van der Waals surface area contributed by atoms with E-state index in [1.54, 1.807) is 0 Å². The lowest BCUT2D eigenvalue weighted by Crippen LogP contribution is -2.10. The van der Waals surface area contributed by atoms with Gasteiger partial charge in [-0.25, -0.2) is 4.79 Å². The maximum Gasteiger partial charge on any atom is 0.337 e. The van der Waals surface area contributed by atoms with Crippen LogP contribution >= 0.6 is 0 Å². The predicted molar refractivity (Wildman–Crippen MR) is 57.4 cm³/mol. The largest absolute Gasteiger partial charge is 0.502 e. The Morgan fingerprint density at radius 2 is 1.65 bits per heavy atom. The van der Waals surface area contributed by atoms with Crippen LogP contribution in [0.15, 0.2) is 12.1 Å². The summed E-state index contributed by atoms with van der Waals surface area (Å²) in [6.07, 6.45) is -1.69. The summed E-state index contributed by atoms with van der Waals surface area (Å²) in [7, 11) is 2.62. The first-order valence-corrected chi connectivity index (χ1v) is 4.37. The number of carbonyl (C=O) groups is 1. The molecule has 0 aliphatic rings. The third-order valence-corrected chi connectivity index (χ3v) is 2.05. The zero-order valence-corrected chi connectivity index (χ0v) is 9.30. The van der Waals surface area contributed by atoms with Gasteiger partial charge in [-0.1, -0.05) is 0 Å². The molecule has 0 heterocycles. The first-order valence-electron chi connectivity index (χ1n) is 4.37. The zero-order chi connectivity index (χ0) is 12.3. The highest BCUT2D eigenvalue weighted by Crippen LogP contribution is 2.38. The fourth-order valence-corrected chi connectivity index (χ4v) is 1.21. The molecule has 0 bridgehead atoms. The Kier molecular flexibility index (Phi) is 5.23. The average molecular weight is 246 g/mol. The minimum absolute atomic E-state index is 0. The second kappa shape index (κ2) is 5.92. The van der Waals surface area contributed by atoms with Crippen molar-refractivity contribution < 1.29 is 35.1 Å². The average Bonchev–Trinajstić information content (AvgIpc) is 2.28. The topological polar surface area (TPSA) is 128 Å². The summed E-state index contributed by atoms with van der Waals surface area (Å²) >= 11 is 0. The van der Waals surface area contributed by atoms with E-state index in [1.807, 2.05) is 0 Å². The molecule has 0 saturated heterocycles. The smallest absolute Gasteiger partial charge is 0.337 e. The molecule has 1 aromatic rings. The molecule has 0 amide bonds. The number of hydrogen-bond acceptors (Lipinski definition) is 5. The van der Waals surface area contributed by atoms with E-state index < -0.39 is 12.1 Å². The van der Waals surface area contributed by atoms with E-state index in [9.17, 15) is 15.0 Å². The van der Waals surface area contributed by atoms with Gasteiger partial charge in [0.25, 0.3) is 0 Å². The van der Waals surface area contributed by atoms with Gasteiger partial charge in [0.1, 0.15) is 0 Å². The van der Waals surface area contributed by atoms with Crippen molar-refractivity contribution in [3.63, 3.8) is 0 Å². The van der Waals surface area contributed by atoms with E-state index in [2.05, 4.69) is 0 Å². The molecule has 1 atom stereocenters. The molecule has 0 aromatic heterocycles. The van der Waals surface area contributed by atoms with Crippen LogP contribution in [0.5, 0.6) is 17.2 Å². The van der Waals surface area contributed by atoms with Gasteiger partial charge in [0.15, 0.2) is 17.6 Å². The number of aliphatic hydroxyl groups is 1. The molecule has 7 nitrogen and oxygen atoms in total. The molecular weight excluding hydrogens is 232 g/mol. The van der Waals surface area contributed by atoms with Crippen LogP contribution in [0, 0.1) is 0 Å². The Hall–Kier alpha value is -1.99. The highest BCUT2D eigenvalue weighted by Gasteiger charge is 2.20. The highest BCUT2D eigenvalue weighted by molar-refractivity contribution is 5.75. The number of phenolic OH excluding ortho intramolecular Hbond substituents is 1. The van der Waals surface area contributed by atoms with Crippen LogP contribution in [0.3, 0.4) is 0 Å². The van der Waals surface area contributed by atoms with E-state index in [4.69, 9.17) is 14.6 Å². The number of phenols is 1. The first-order chi connectivity index (χ1) is 7.51. The van der Waals surface area contributed by atoms with Crippen molar-refractivity contribution in [2.24, 2.45) is 0 Å². The lowest BCUT2D eigenvalue weighted by molar-refractivity contribution is -0.146. The summed E-state index contributed by atoms with van der Waals surface area (Å²) in [4.78, 5) is 10.6. The molecule has 1 aromatic carbocycles. The van der Waals surface area contributed by atoms with Gasteiger partial charge >= 0.3 is 5.97 Å². The maximum absolute atomic E-state index is 10.6. The van der Waals surface area contributed by atoms with Gasteiger partial charge in [0.05, 0.1) is 14.2 Å². The van der Waals surface area contributed by atoms with Crippen LogP contribution in [0.2, 0.25) is 0 Å². The van der Waals surface area contributed by atoms with E-state index in [1.165, 1.54) is 26.4 Å². The molecule has 5 N–H and O–H groups in total. The molecule has 0 spiro atoms. The number of carboxylic acids is 1. The van der Waals surface area contributed by atoms with Crippen molar-refractivity contribution in [1.29, 1.82) is 0 Å². The van der Waals surface area contributed by atoms with E-state index >= 15 is 0 Å². The van der Waals surface area contributed by atoms with Crippen LogP contribution in [-0.4, -0.2) is 41.0 Å². The van der Waals surface area contributed by atoms with Gasteiger partial charge in [0, 0.05) is 0 Å². The SMILES string of the molecule is COc1cc(C(O)C(=O)O)cc(OC)c1O.O. The van der Waals surface area contributed by atoms with Gasteiger partial charge in [-0.15, -0.1) is 0 Å². The van der Waals surface area contributed by atoms with E-state index in [-0.39, 0.29) is 28.3 Å². The lowest BCUT2D eigenvalue weighted by Gasteiger charge is -2.12. The second-order valence-corrected chi connectivity index (χ2v) is 3.01. The molecule has 1 unspecified atom stereocenters. The Bertz CT molecular complexity index is 377. The lowest BCUT2D eigenvalue weighted by atomic mass is 10.1. The molecule has 7 heteroatoms. The number of carboxylic acid groups (broad SMARTS) is 1. The molecule has 96 valence electrons. The van der Waals surface area contributed by atoms with Crippen LogP contribution in [0.4, 0.5) is 0 Å². The Morgan fingerprint density at radius 3 is 1.94 bits per heavy atom. The number of hydrogen-bond donors (Lipinski definition) is 3. The van der Waals surface area contributed by atoms with Crippen molar-refractivity contribution in [2.45, 2.75) is 6.10 Å². The number of rotatable bonds is 4. The minimum Gasteiger partial charge on any atom is -0.502 e. The molecular formula is C10H14O7. The number of aliphatic hydroxyl groups excluding tert-OH is 1.